The summed E-state index contributed by atoms with van der Waals surface area (Å²) >= 11 is 0. The molecule has 2 heterocycles. The molecular weight excluding hydrogens is 190 g/mol. The minimum absolute atomic E-state index is 0.127. The topological polar surface area (TPSA) is 68.0 Å². The van der Waals surface area contributed by atoms with Crippen molar-refractivity contribution in [2.75, 3.05) is 12.3 Å². The summed E-state index contributed by atoms with van der Waals surface area (Å²) in [6, 6.07) is 3.79. The van der Waals surface area contributed by atoms with Crippen LogP contribution in [0.5, 0.6) is 0 Å². The predicted octanol–water partition coefficient (Wildman–Crippen LogP) is 0.966. The van der Waals surface area contributed by atoms with Gasteiger partial charge in [0, 0.05) is 18.7 Å². The maximum absolute atomic E-state index is 11.3. The third-order valence-electron chi connectivity index (χ3n) is 2.83. The molecule has 1 aromatic heterocycles. The van der Waals surface area contributed by atoms with Crippen molar-refractivity contribution in [3.8, 4) is 0 Å². The van der Waals surface area contributed by atoms with Crippen LogP contribution < -0.4 is 11.1 Å². The van der Waals surface area contributed by atoms with Gasteiger partial charge < -0.3 is 11.1 Å². The van der Waals surface area contributed by atoms with E-state index in [1.54, 1.807) is 6.07 Å². The Morgan fingerprint density at radius 3 is 3.00 bits per heavy atom. The quantitative estimate of drug-likeness (QED) is 0.717. The summed E-state index contributed by atoms with van der Waals surface area (Å²) in [6.45, 7) is 2.70. The number of nitrogens with one attached hydrogen (secondary N) is 1. The Labute approximate surface area is 88.9 Å². The van der Waals surface area contributed by atoms with Crippen LogP contribution in [-0.4, -0.2) is 17.4 Å². The molecule has 0 unspecified atom stereocenters. The maximum atomic E-state index is 11.3. The van der Waals surface area contributed by atoms with Crippen molar-refractivity contribution in [3.63, 3.8) is 0 Å². The molecule has 3 N–H and O–H groups in total. The number of hydrogen-bond acceptors (Lipinski definition) is 3. The van der Waals surface area contributed by atoms with Gasteiger partial charge in [-0.25, -0.2) is 4.98 Å². The molecule has 1 amide bonds. The van der Waals surface area contributed by atoms with Gasteiger partial charge in [-0.15, -0.1) is 0 Å². The van der Waals surface area contributed by atoms with Crippen LogP contribution in [0.4, 0.5) is 5.82 Å². The lowest BCUT2D eigenvalue weighted by atomic mass is 9.89. The Bertz CT molecular complexity index is 389. The number of amides is 1. The van der Waals surface area contributed by atoms with Gasteiger partial charge in [0.25, 0.3) is 0 Å². The lowest BCUT2D eigenvalue weighted by molar-refractivity contribution is -0.122. The molecule has 0 aliphatic carbocycles. The second-order valence-corrected chi connectivity index (χ2v) is 3.95. The molecule has 0 bridgehead atoms. The lowest BCUT2D eigenvalue weighted by Crippen LogP contribution is -2.32. The first-order valence-corrected chi connectivity index (χ1v) is 5.16. The van der Waals surface area contributed by atoms with Crippen LogP contribution in [-0.2, 0) is 4.79 Å². The van der Waals surface area contributed by atoms with Crippen molar-refractivity contribution in [2.24, 2.45) is 0 Å². The molecule has 0 aromatic carbocycles. The molecule has 1 atom stereocenters. The standard InChI is InChI=1S/C11H15N3O/c1-7-9(2-3-10(12)14-7)8-4-5-13-11(15)6-8/h2-3,8H,4-6H2,1H3,(H2,12,14)(H,13,15)/t8-/m0/s1. The fourth-order valence-corrected chi connectivity index (χ4v) is 2.07. The minimum Gasteiger partial charge on any atom is -0.384 e. The van der Waals surface area contributed by atoms with E-state index in [0.717, 1.165) is 24.2 Å². The first-order chi connectivity index (χ1) is 7.16. The molecule has 15 heavy (non-hydrogen) atoms. The highest BCUT2D eigenvalue weighted by molar-refractivity contribution is 5.77. The number of pyridine rings is 1. The van der Waals surface area contributed by atoms with Gasteiger partial charge in [-0.3, -0.25) is 4.79 Å². The Hall–Kier alpha value is -1.58. The van der Waals surface area contributed by atoms with Crippen LogP contribution in [0.1, 0.15) is 30.0 Å². The first-order valence-electron chi connectivity index (χ1n) is 5.16. The summed E-state index contributed by atoms with van der Waals surface area (Å²) in [5.41, 5.74) is 7.69. The van der Waals surface area contributed by atoms with E-state index in [0.29, 0.717) is 18.2 Å². The van der Waals surface area contributed by atoms with E-state index in [1.807, 2.05) is 13.0 Å². The molecule has 0 saturated carbocycles. The zero-order chi connectivity index (χ0) is 10.8. The van der Waals surface area contributed by atoms with E-state index < -0.39 is 0 Å². The summed E-state index contributed by atoms with van der Waals surface area (Å²) in [5, 5.41) is 2.83. The molecule has 1 fully saturated rings. The molecule has 1 aromatic rings. The lowest BCUT2D eigenvalue weighted by Gasteiger charge is -2.23. The van der Waals surface area contributed by atoms with Crippen LogP contribution in [0.15, 0.2) is 12.1 Å². The normalized spacial score (nSPS) is 21.1. The molecule has 1 aliphatic rings. The smallest absolute Gasteiger partial charge is 0.220 e. The average molecular weight is 205 g/mol. The van der Waals surface area contributed by atoms with E-state index in [2.05, 4.69) is 10.3 Å². The van der Waals surface area contributed by atoms with Gasteiger partial charge in [0.15, 0.2) is 0 Å². The van der Waals surface area contributed by atoms with Crippen LogP contribution in [0.25, 0.3) is 0 Å². The highest BCUT2D eigenvalue weighted by Gasteiger charge is 2.22. The van der Waals surface area contributed by atoms with Crippen molar-refractivity contribution in [1.29, 1.82) is 0 Å². The molecule has 4 nitrogen and oxygen atoms in total. The second kappa shape index (κ2) is 3.88. The zero-order valence-corrected chi connectivity index (χ0v) is 8.79. The van der Waals surface area contributed by atoms with Gasteiger partial charge in [-0.05, 0) is 30.9 Å². The summed E-state index contributed by atoms with van der Waals surface area (Å²) in [4.78, 5) is 15.5. The summed E-state index contributed by atoms with van der Waals surface area (Å²) in [6.07, 6.45) is 1.55. The van der Waals surface area contributed by atoms with Crippen molar-refractivity contribution in [3.05, 3.63) is 23.4 Å². The number of rotatable bonds is 1. The van der Waals surface area contributed by atoms with Gasteiger partial charge in [0.1, 0.15) is 5.82 Å². The largest absolute Gasteiger partial charge is 0.384 e. The van der Waals surface area contributed by atoms with Crippen molar-refractivity contribution in [1.82, 2.24) is 10.3 Å². The Morgan fingerprint density at radius 1 is 1.53 bits per heavy atom. The number of aromatic nitrogens is 1. The molecule has 1 saturated heterocycles. The fourth-order valence-electron chi connectivity index (χ4n) is 2.07. The number of nitrogen functional groups attached to an aromatic ring is 1. The molecule has 4 heteroatoms. The molecule has 0 radical (unpaired) electrons. The van der Waals surface area contributed by atoms with Crippen LogP contribution >= 0.6 is 0 Å². The van der Waals surface area contributed by atoms with E-state index in [1.165, 1.54) is 0 Å². The second-order valence-electron chi connectivity index (χ2n) is 3.95. The molecule has 0 spiro atoms. The van der Waals surface area contributed by atoms with Gasteiger partial charge in [-0.2, -0.15) is 0 Å². The van der Waals surface area contributed by atoms with E-state index in [9.17, 15) is 4.79 Å². The Morgan fingerprint density at radius 2 is 2.33 bits per heavy atom. The number of hydrogen-bond donors (Lipinski definition) is 2. The third kappa shape index (κ3) is 2.09. The zero-order valence-electron chi connectivity index (χ0n) is 8.79. The van der Waals surface area contributed by atoms with E-state index in [4.69, 9.17) is 5.73 Å². The summed E-state index contributed by atoms with van der Waals surface area (Å²) in [5.74, 6) is 0.964. The number of carbonyl (C=O) groups is 1. The molecule has 80 valence electrons. The van der Waals surface area contributed by atoms with Crippen molar-refractivity contribution in [2.45, 2.75) is 25.7 Å². The van der Waals surface area contributed by atoms with Crippen molar-refractivity contribution < 1.29 is 4.79 Å². The number of piperidine rings is 1. The van der Waals surface area contributed by atoms with Gasteiger partial charge in [0.05, 0.1) is 0 Å². The monoisotopic (exact) mass is 205 g/mol. The fraction of sp³-hybridized carbons (Fsp3) is 0.455. The number of carbonyl (C=O) groups excluding carboxylic acids is 1. The molecule has 1 aliphatic heterocycles. The van der Waals surface area contributed by atoms with Crippen LogP contribution in [0, 0.1) is 6.92 Å². The Balaban J connectivity index is 2.24. The third-order valence-corrected chi connectivity index (χ3v) is 2.83. The first kappa shape index (κ1) is 9.96. The number of nitrogens with two attached hydrogens (primary N) is 1. The number of aryl methyl sites for hydroxylation is 1. The summed E-state index contributed by atoms with van der Waals surface area (Å²) in [7, 11) is 0. The Kier molecular flexibility index (Phi) is 2.58. The summed E-state index contributed by atoms with van der Waals surface area (Å²) < 4.78 is 0. The van der Waals surface area contributed by atoms with Gasteiger partial charge in [0.2, 0.25) is 5.91 Å². The average Bonchev–Trinajstić information content (AvgIpc) is 2.17. The van der Waals surface area contributed by atoms with Gasteiger partial charge >= 0.3 is 0 Å². The highest BCUT2D eigenvalue weighted by atomic mass is 16.1. The highest BCUT2D eigenvalue weighted by Crippen LogP contribution is 2.27. The number of nitrogens with zero attached hydrogens (tertiary/aromatic N) is 1. The predicted molar refractivity (Wildman–Crippen MR) is 58.4 cm³/mol. The van der Waals surface area contributed by atoms with E-state index in [-0.39, 0.29) is 5.91 Å². The molecule has 2 rings (SSSR count). The SMILES string of the molecule is Cc1nc(N)ccc1[C@H]1CCNC(=O)C1. The van der Waals surface area contributed by atoms with Crippen LogP contribution in [0.3, 0.4) is 0 Å². The number of anilines is 1. The molecular formula is C11H15N3O. The maximum Gasteiger partial charge on any atom is 0.220 e. The van der Waals surface area contributed by atoms with E-state index >= 15 is 0 Å². The van der Waals surface area contributed by atoms with Gasteiger partial charge in [-0.1, -0.05) is 6.07 Å². The van der Waals surface area contributed by atoms with Crippen molar-refractivity contribution >= 4 is 11.7 Å². The van der Waals surface area contributed by atoms with Crippen LogP contribution in [0.2, 0.25) is 0 Å². The minimum atomic E-state index is 0.127.